The van der Waals surface area contributed by atoms with Crippen LogP contribution >= 0.6 is 11.6 Å². The van der Waals surface area contributed by atoms with Gasteiger partial charge in [0.15, 0.2) is 11.5 Å². The van der Waals surface area contributed by atoms with Gasteiger partial charge >= 0.3 is 0 Å². The lowest BCUT2D eigenvalue weighted by atomic mass is 9.80. The fourth-order valence-corrected chi connectivity index (χ4v) is 4.44. The van der Waals surface area contributed by atoms with Crippen molar-refractivity contribution < 1.29 is 23.9 Å². The molecule has 8 nitrogen and oxygen atoms in total. The number of hydrogen-bond donors (Lipinski definition) is 2. The van der Waals surface area contributed by atoms with Crippen LogP contribution in [0.15, 0.2) is 48.6 Å². The zero-order chi connectivity index (χ0) is 22.9. The van der Waals surface area contributed by atoms with Crippen molar-refractivity contribution in [3.63, 3.8) is 0 Å². The average molecular weight is 468 g/mol. The van der Waals surface area contributed by atoms with Gasteiger partial charge in [0.05, 0.1) is 41.4 Å². The average Bonchev–Trinajstić information content (AvgIpc) is 3.06. The first-order valence-electron chi connectivity index (χ1n) is 10.8. The van der Waals surface area contributed by atoms with E-state index in [-0.39, 0.29) is 17.7 Å². The Morgan fingerprint density at radius 1 is 1.03 bits per heavy atom. The van der Waals surface area contributed by atoms with Crippen molar-refractivity contribution in [3.8, 4) is 11.5 Å². The van der Waals surface area contributed by atoms with Crippen molar-refractivity contribution >= 4 is 40.7 Å². The minimum Gasteiger partial charge on any atom is -0.490 e. The lowest BCUT2D eigenvalue weighted by Gasteiger charge is -2.38. The first-order chi connectivity index (χ1) is 16.0. The molecular weight excluding hydrogens is 446 g/mol. The topological polar surface area (TPSA) is 97.0 Å². The van der Waals surface area contributed by atoms with Crippen molar-refractivity contribution in [2.45, 2.75) is 19.3 Å². The Balaban J connectivity index is 1.37. The van der Waals surface area contributed by atoms with E-state index in [1.807, 2.05) is 12.2 Å². The standard InChI is InChI=1S/C24H22ClN3O5/c25-18-12-20-21(33-10-4-9-32-20)13-19(18)26-22(29)14-5-3-6-15(11-14)28-24(31)17-8-2-1-7-16(17)23(30)27-28/h1-3,5-6,11-13,16-17H,4,7-10H2,(H,26,29)(H,27,30). The Labute approximate surface area is 195 Å². The fourth-order valence-electron chi connectivity index (χ4n) is 4.24. The molecule has 170 valence electrons. The van der Waals surface area contributed by atoms with Crippen molar-refractivity contribution in [3.05, 3.63) is 59.1 Å². The number of rotatable bonds is 3. The van der Waals surface area contributed by atoms with Gasteiger partial charge in [-0.25, -0.2) is 5.01 Å². The number of amides is 3. The SMILES string of the molecule is O=C(Nc1cc2c(cc1Cl)OCCCO2)c1cccc(N2NC(=O)C3CC=CCC3C2=O)c1. The van der Waals surface area contributed by atoms with Gasteiger partial charge in [0.1, 0.15) is 0 Å². The highest BCUT2D eigenvalue weighted by Gasteiger charge is 2.42. The number of nitrogens with one attached hydrogen (secondary N) is 2. The molecule has 1 saturated heterocycles. The monoisotopic (exact) mass is 467 g/mol. The molecule has 2 atom stereocenters. The second-order valence-electron chi connectivity index (χ2n) is 8.14. The van der Waals surface area contributed by atoms with Gasteiger partial charge in [0.2, 0.25) is 11.8 Å². The zero-order valence-electron chi connectivity index (χ0n) is 17.7. The third-order valence-corrected chi connectivity index (χ3v) is 6.29. The van der Waals surface area contributed by atoms with E-state index in [0.29, 0.717) is 59.5 Å². The molecule has 3 aliphatic rings. The van der Waals surface area contributed by atoms with Gasteiger partial charge in [-0.2, -0.15) is 0 Å². The zero-order valence-corrected chi connectivity index (χ0v) is 18.4. The van der Waals surface area contributed by atoms with Crippen LogP contribution in [0.1, 0.15) is 29.6 Å². The lowest BCUT2D eigenvalue weighted by Crippen LogP contribution is -2.59. The number of allylic oxidation sites excluding steroid dienone is 2. The van der Waals surface area contributed by atoms with Crippen LogP contribution in [0.3, 0.4) is 0 Å². The maximum absolute atomic E-state index is 13.0. The Morgan fingerprint density at radius 2 is 1.76 bits per heavy atom. The van der Waals surface area contributed by atoms with Crippen LogP contribution in [0.5, 0.6) is 11.5 Å². The van der Waals surface area contributed by atoms with E-state index in [2.05, 4.69) is 10.7 Å². The molecule has 0 saturated carbocycles. The first-order valence-corrected chi connectivity index (χ1v) is 11.2. The molecule has 1 fully saturated rings. The third-order valence-electron chi connectivity index (χ3n) is 5.98. The number of carbonyl (C=O) groups is 3. The molecule has 0 bridgehead atoms. The van der Waals surface area contributed by atoms with E-state index >= 15 is 0 Å². The molecule has 3 amide bonds. The molecular formula is C24H22ClN3O5. The van der Waals surface area contributed by atoms with Gasteiger partial charge in [-0.05, 0) is 31.0 Å². The summed E-state index contributed by atoms with van der Waals surface area (Å²) in [6, 6.07) is 9.77. The lowest BCUT2D eigenvalue weighted by molar-refractivity contribution is -0.139. The molecule has 5 rings (SSSR count). The van der Waals surface area contributed by atoms with Gasteiger partial charge in [-0.1, -0.05) is 29.8 Å². The van der Waals surface area contributed by atoms with Crippen molar-refractivity contribution in [2.24, 2.45) is 11.8 Å². The van der Waals surface area contributed by atoms with Crippen LogP contribution < -0.4 is 25.2 Å². The van der Waals surface area contributed by atoms with Crippen LogP contribution in [0, 0.1) is 11.8 Å². The fraction of sp³-hybridized carbons (Fsp3) is 0.292. The normalized spacial score (nSPS) is 21.7. The number of benzene rings is 2. The molecule has 2 aromatic carbocycles. The van der Waals surface area contributed by atoms with Crippen LogP contribution in [0.4, 0.5) is 11.4 Å². The highest BCUT2D eigenvalue weighted by Crippen LogP contribution is 2.38. The Bertz CT molecular complexity index is 1160. The van der Waals surface area contributed by atoms with Gasteiger partial charge in [-0.3, -0.25) is 19.8 Å². The summed E-state index contributed by atoms with van der Waals surface area (Å²) in [4.78, 5) is 38.5. The first kappa shape index (κ1) is 21.3. The molecule has 2 N–H and O–H groups in total. The van der Waals surface area contributed by atoms with Crippen LogP contribution in [-0.4, -0.2) is 30.9 Å². The van der Waals surface area contributed by atoms with Crippen LogP contribution in [-0.2, 0) is 9.59 Å². The van der Waals surface area contributed by atoms with Crippen LogP contribution in [0.25, 0.3) is 0 Å². The van der Waals surface area contributed by atoms with E-state index in [1.54, 1.807) is 36.4 Å². The highest BCUT2D eigenvalue weighted by molar-refractivity contribution is 6.34. The number of anilines is 2. The summed E-state index contributed by atoms with van der Waals surface area (Å²) in [5.41, 5.74) is 3.78. The molecule has 2 unspecified atom stereocenters. The summed E-state index contributed by atoms with van der Waals surface area (Å²) >= 11 is 6.34. The minimum atomic E-state index is -0.414. The van der Waals surface area contributed by atoms with E-state index in [0.717, 1.165) is 6.42 Å². The van der Waals surface area contributed by atoms with E-state index < -0.39 is 11.8 Å². The quantitative estimate of drug-likeness (QED) is 0.671. The largest absolute Gasteiger partial charge is 0.490 e. The van der Waals surface area contributed by atoms with Gasteiger partial charge in [0.25, 0.3) is 5.91 Å². The maximum Gasteiger partial charge on any atom is 0.255 e. The van der Waals surface area contributed by atoms with Crippen molar-refractivity contribution in [1.29, 1.82) is 0 Å². The Kier molecular flexibility index (Phi) is 5.68. The van der Waals surface area contributed by atoms with Crippen LogP contribution in [0.2, 0.25) is 5.02 Å². The van der Waals surface area contributed by atoms with Crippen molar-refractivity contribution in [2.75, 3.05) is 23.5 Å². The van der Waals surface area contributed by atoms with Crippen molar-refractivity contribution in [1.82, 2.24) is 5.43 Å². The second-order valence-corrected chi connectivity index (χ2v) is 8.55. The summed E-state index contributed by atoms with van der Waals surface area (Å²) in [7, 11) is 0. The smallest absolute Gasteiger partial charge is 0.255 e. The predicted octanol–water partition coefficient (Wildman–Crippen LogP) is 3.71. The predicted molar refractivity (Wildman–Crippen MR) is 122 cm³/mol. The summed E-state index contributed by atoms with van der Waals surface area (Å²) in [6.07, 6.45) is 5.69. The minimum absolute atomic E-state index is 0.188. The molecule has 9 heteroatoms. The Hall–Kier alpha value is -3.52. The Morgan fingerprint density at radius 3 is 2.55 bits per heavy atom. The van der Waals surface area contributed by atoms with Gasteiger partial charge in [-0.15, -0.1) is 0 Å². The molecule has 2 heterocycles. The highest BCUT2D eigenvalue weighted by atomic mass is 35.5. The van der Waals surface area contributed by atoms with E-state index in [9.17, 15) is 14.4 Å². The maximum atomic E-state index is 13.0. The molecule has 0 spiro atoms. The number of carbonyl (C=O) groups excluding carboxylic acids is 3. The molecule has 2 aliphatic heterocycles. The van der Waals surface area contributed by atoms with Gasteiger partial charge < -0.3 is 14.8 Å². The number of fused-ring (bicyclic) bond motifs is 2. The third kappa shape index (κ3) is 4.14. The summed E-state index contributed by atoms with van der Waals surface area (Å²) in [5.74, 6) is -0.507. The van der Waals surface area contributed by atoms with E-state index in [1.165, 1.54) is 5.01 Å². The molecule has 0 aromatic heterocycles. The number of ether oxygens (including phenoxy) is 2. The summed E-state index contributed by atoms with van der Waals surface area (Å²) in [5, 5.41) is 4.34. The number of hydrazine groups is 1. The molecule has 0 radical (unpaired) electrons. The second kappa shape index (κ2) is 8.78. The van der Waals surface area contributed by atoms with Gasteiger partial charge in [0, 0.05) is 24.1 Å². The summed E-state index contributed by atoms with van der Waals surface area (Å²) in [6.45, 7) is 1.04. The number of nitrogens with zero attached hydrogens (tertiary/aromatic N) is 1. The molecule has 33 heavy (non-hydrogen) atoms. The summed E-state index contributed by atoms with van der Waals surface area (Å²) < 4.78 is 11.3. The van der Waals surface area contributed by atoms with E-state index in [4.69, 9.17) is 21.1 Å². The molecule has 2 aromatic rings. The number of hydrogen-bond acceptors (Lipinski definition) is 5. The number of halogens is 1. The molecule has 1 aliphatic carbocycles.